The fraction of sp³-hybridized carbons (Fsp3) is 0.333. The summed E-state index contributed by atoms with van der Waals surface area (Å²) in [5.41, 5.74) is 8.84. The van der Waals surface area contributed by atoms with Gasteiger partial charge in [-0.25, -0.2) is 0 Å². The minimum atomic E-state index is -0.461. The number of hydrogen-bond donors (Lipinski definition) is 3. The zero-order valence-electron chi connectivity index (χ0n) is 16.4. The maximum atomic E-state index is 12.7. The Bertz CT molecular complexity index is 917. The zero-order valence-corrected chi connectivity index (χ0v) is 16.4. The fourth-order valence-corrected chi connectivity index (χ4v) is 3.40. The number of carbonyl (C=O) groups is 2. The summed E-state index contributed by atoms with van der Waals surface area (Å²) in [7, 11) is 0. The van der Waals surface area contributed by atoms with E-state index in [1.165, 1.54) is 6.08 Å². The van der Waals surface area contributed by atoms with Gasteiger partial charge in [0.15, 0.2) is 0 Å². The van der Waals surface area contributed by atoms with Crippen LogP contribution in [-0.2, 0) is 22.6 Å². The Hall–Kier alpha value is -3.42. The second-order valence-corrected chi connectivity index (χ2v) is 7.06. The van der Waals surface area contributed by atoms with Crippen LogP contribution in [0.25, 0.3) is 5.70 Å². The van der Waals surface area contributed by atoms with E-state index in [-0.39, 0.29) is 18.2 Å². The van der Waals surface area contributed by atoms with Crippen LogP contribution in [0.15, 0.2) is 40.9 Å². The largest absolute Gasteiger partial charge is 0.398 e. The van der Waals surface area contributed by atoms with E-state index in [2.05, 4.69) is 10.5 Å². The lowest BCUT2D eigenvalue weighted by Crippen LogP contribution is -2.46. The van der Waals surface area contributed by atoms with Crippen molar-refractivity contribution in [3.8, 4) is 0 Å². The summed E-state index contributed by atoms with van der Waals surface area (Å²) in [4.78, 5) is 26.9. The highest BCUT2D eigenvalue weighted by molar-refractivity contribution is 5.88. The molecule has 1 saturated heterocycles. The molecule has 1 aliphatic rings. The number of amides is 2. The van der Waals surface area contributed by atoms with E-state index in [4.69, 9.17) is 15.7 Å². The van der Waals surface area contributed by atoms with E-state index in [0.717, 1.165) is 29.5 Å². The first-order chi connectivity index (χ1) is 14.0. The van der Waals surface area contributed by atoms with Crippen LogP contribution in [0.3, 0.4) is 0 Å². The Balaban J connectivity index is 1.56. The number of carbonyl (C=O) groups excluding carboxylic acids is 2. The summed E-state index contributed by atoms with van der Waals surface area (Å²) < 4.78 is 5.11. The summed E-state index contributed by atoms with van der Waals surface area (Å²) >= 11 is 0. The molecule has 8 nitrogen and oxygen atoms in total. The topological polar surface area (TPSA) is 125 Å². The Morgan fingerprint density at radius 3 is 2.79 bits per heavy atom. The highest BCUT2D eigenvalue weighted by Gasteiger charge is 2.34. The minimum Gasteiger partial charge on any atom is -0.398 e. The van der Waals surface area contributed by atoms with Crippen molar-refractivity contribution in [1.29, 1.82) is 5.41 Å². The fourth-order valence-electron chi connectivity index (χ4n) is 3.40. The molecule has 2 amide bonds. The van der Waals surface area contributed by atoms with Crippen LogP contribution in [0.4, 0.5) is 0 Å². The third-order valence-electron chi connectivity index (χ3n) is 4.89. The van der Waals surface area contributed by atoms with Crippen LogP contribution in [0.2, 0.25) is 0 Å². The molecule has 2 heterocycles. The number of aryl methyl sites for hydroxylation is 1. The molecule has 29 heavy (non-hydrogen) atoms. The number of nitrogens with two attached hydrogens (primary N) is 1. The average Bonchev–Trinajstić information content (AvgIpc) is 3.36. The Labute approximate surface area is 169 Å². The molecule has 0 aliphatic carbocycles. The van der Waals surface area contributed by atoms with Crippen molar-refractivity contribution in [3.05, 3.63) is 59.0 Å². The molecule has 0 unspecified atom stereocenters. The van der Waals surface area contributed by atoms with Gasteiger partial charge in [0, 0.05) is 31.1 Å². The van der Waals surface area contributed by atoms with E-state index < -0.39 is 6.04 Å². The molecular weight excluding hydrogens is 370 g/mol. The molecule has 2 aromatic rings. The molecule has 1 atom stereocenters. The van der Waals surface area contributed by atoms with Crippen molar-refractivity contribution < 1.29 is 14.1 Å². The van der Waals surface area contributed by atoms with Gasteiger partial charge in [0.1, 0.15) is 11.8 Å². The first-order valence-corrected chi connectivity index (χ1v) is 9.53. The first-order valence-electron chi connectivity index (χ1n) is 9.53. The van der Waals surface area contributed by atoms with Gasteiger partial charge in [-0.15, -0.1) is 0 Å². The second-order valence-electron chi connectivity index (χ2n) is 7.06. The van der Waals surface area contributed by atoms with Crippen LogP contribution in [0.1, 0.15) is 35.4 Å². The van der Waals surface area contributed by atoms with Gasteiger partial charge in [0.25, 0.3) is 0 Å². The van der Waals surface area contributed by atoms with Gasteiger partial charge in [0.05, 0.1) is 12.1 Å². The Morgan fingerprint density at radius 1 is 1.38 bits per heavy atom. The smallest absolute Gasteiger partial charge is 0.243 e. The van der Waals surface area contributed by atoms with Crippen molar-refractivity contribution in [2.45, 2.75) is 38.8 Å². The predicted molar refractivity (Wildman–Crippen MR) is 109 cm³/mol. The van der Waals surface area contributed by atoms with Gasteiger partial charge in [-0.3, -0.25) is 9.59 Å². The number of rotatable bonds is 7. The summed E-state index contributed by atoms with van der Waals surface area (Å²) in [5.74, 6) is 0.225. The van der Waals surface area contributed by atoms with E-state index in [9.17, 15) is 9.59 Å². The van der Waals surface area contributed by atoms with E-state index in [1.54, 1.807) is 17.9 Å². The second kappa shape index (κ2) is 9.18. The maximum Gasteiger partial charge on any atom is 0.243 e. The van der Waals surface area contributed by atoms with E-state index in [1.807, 2.05) is 24.3 Å². The average molecular weight is 395 g/mol. The molecular formula is C21H25N5O3. The van der Waals surface area contributed by atoms with Crippen molar-refractivity contribution in [2.24, 2.45) is 5.73 Å². The maximum absolute atomic E-state index is 12.7. The van der Waals surface area contributed by atoms with Gasteiger partial charge in [0.2, 0.25) is 11.8 Å². The Morgan fingerprint density at radius 2 is 2.14 bits per heavy atom. The van der Waals surface area contributed by atoms with Gasteiger partial charge in [-0.1, -0.05) is 29.4 Å². The normalized spacial score (nSPS) is 16.7. The quantitative estimate of drug-likeness (QED) is 0.616. The number of hydrogen-bond acceptors (Lipinski definition) is 6. The number of benzene rings is 1. The molecule has 1 aliphatic heterocycles. The molecule has 8 heteroatoms. The molecule has 0 radical (unpaired) electrons. The zero-order chi connectivity index (χ0) is 20.8. The van der Waals surface area contributed by atoms with Crippen molar-refractivity contribution in [1.82, 2.24) is 15.4 Å². The molecule has 4 N–H and O–H groups in total. The van der Waals surface area contributed by atoms with Crippen LogP contribution >= 0.6 is 0 Å². The molecule has 0 spiro atoms. The summed E-state index contributed by atoms with van der Waals surface area (Å²) in [5, 5.41) is 13.8. The highest BCUT2D eigenvalue weighted by Crippen LogP contribution is 2.19. The lowest BCUT2D eigenvalue weighted by atomic mass is 10.1. The number of nitrogens with one attached hydrogen (secondary N) is 2. The van der Waals surface area contributed by atoms with E-state index >= 15 is 0 Å². The van der Waals surface area contributed by atoms with Crippen LogP contribution in [-0.4, -0.2) is 40.7 Å². The molecule has 1 aromatic heterocycles. The predicted octanol–water partition coefficient (Wildman–Crippen LogP) is 1.78. The van der Waals surface area contributed by atoms with Crippen LogP contribution in [0.5, 0.6) is 0 Å². The molecule has 0 bridgehead atoms. The van der Waals surface area contributed by atoms with Gasteiger partial charge >= 0.3 is 0 Å². The van der Waals surface area contributed by atoms with Gasteiger partial charge < -0.3 is 25.9 Å². The first kappa shape index (κ1) is 20.3. The van der Waals surface area contributed by atoms with Crippen molar-refractivity contribution in [3.63, 3.8) is 0 Å². The number of likely N-dealkylation sites (tertiary alicyclic amines) is 1. The minimum absolute atomic E-state index is 0.108. The molecule has 3 rings (SSSR count). The van der Waals surface area contributed by atoms with Crippen LogP contribution < -0.4 is 11.1 Å². The molecule has 1 fully saturated rings. The highest BCUT2D eigenvalue weighted by atomic mass is 16.5. The number of nitrogens with zero attached hydrogens (tertiary/aromatic N) is 2. The lowest BCUT2D eigenvalue weighted by molar-refractivity contribution is -0.138. The van der Waals surface area contributed by atoms with E-state index in [0.29, 0.717) is 31.0 Å². The molecule has 1 aromatic carbocycles. The lowest BCUT2D eigenvalue weighted by Gasteiger charge is -2.23. The third kappa shape index (κ3) is 5.10. The summed E-state index contributed by atoms with van der Waals surface area (Å²) in [6.07, 6.45) is 4.21. The summed E-state index contributed by atoms with van der Waals surface area (Å²) in [6.45, 7) is 2.74. The van der Waals surface area contributed by atoms with Crippen molar-refractivity contribution in [2.75, 3.05) is 6.54 Å². The standard InChI is InChI=1S/C21H25N5O3/c1-14-11-17(29-25-14)12-20(27)26-10-2-3-19(26)21(28)24-13-15-4-6-16(7-5-15)18(23)8-9-22/h4-9,11,19,22H,2-3,10,12-13,23H2,1H3,(H,24,28)/b18-8-,22-9?/t19-/m0/s1. The monoisotopic (exact) mass is 395 g/mol. The molecule has 0 saturated carbocycles. The van der Waals surface area contributed by atoms with Gasteiger partial charge in [-0.2, -0.15) is 0 Å². The van der Waals surface area contributed by atoms with Crippen molar-refractivity contribution >= 4 is 23.7 Å². The molecule has 152 valence electrons. The number of aromatic nitrogens is 1. The summed E-state index contributed by atoms with van der Waals surface area (Å²) in [6, 6.07) is 8.73. The van der Waals surface area contributed by atoms with Gasteiger partial charge in [-0.05, 0) is 37.0 Å². The SMILES string of the molecule is Cc1cc(CC(=O)N2CCC[C@H]2C(=O)NCc2ccc(/C(N)=C/C=N)cc2)on1. The van der Waals surface area contributed by atoms with Crippen LogP contribution in [0, 0.1) is 12.3 Å². The Kier molecular flexibility index (Phi) is 6.43. The number of allylic oxidation sites excluding steroid dienone is 1. The third-order valence-corrected chi connectivity index (χ3v) is 4.89.